The molecule has 6 rings (SSSR count). The van der Waals surface area contributed by atoms with Crippen LogP contribution in [0.2, 0.25) is 0 Å². The second kappa shape index (κ2) is 12.3. The molecule has 6 heteroatoms. The number of nitrogens with zero attached hydrogens (tertiary/aromatic N) is 4. The quantitative estimate of drug-likeness (QED) is 0.143. The highest BCUT2D eigenvalue weighted by molar-refractivity contribution is 9.10. The summed E-state index contributed by atoms with van der Waals surface area (Å²) in [5.41, 5.74) is 6.84. The summed E-state index contributed by atoms with van der Waals surface area (Å²) in [4.78, 5) is 15.5. The van der Waals surface area contributed by atoms with Crippen molar-refractivity contribution in [2.75, 3.05) is 26.2 Å². The maximum absolute atomic E-state index is 5.40. The summed E-state index contributed by atoms with van der Waals surface area (Å²) in [5.74, 6) is 1.00. The van der Waals surface area contributed by atoms with Crippen molar-refractivity contribution in [2.24, 2.45) is 4.99 Å². The summed E-state index contributed by atoms with van der Waals surface area (Å²) in [6.07, 6.45) is 0. The maximum atomic E-state index is 5.40. The fourth-order valence-electron chi connectivity index (χ4n) is 4.96. The zero-order chi connectivity index (χ0) is 27.3. The molecule has 200 valence electrons. The lowest BCUT2D eigenvalue weighted by Crippen LogP contribution is -2.48. The molecule has 0 unspecified atom stereocenters. The van der Waals surface area contributed by atoms with Gasteiger partial charge in [0, 0.05) is 53.9 Å². The second-order valence-corrected chi connectivity index (χ2v) is 12.0. The van der Waals surface area contributed by atoms with Crippen LogP contribution in [0.4, 0.5) is 5.00 Å². The van der Waals surface area contributed by atoms with Gasteiger partial charge in [0.15, 0.2) is 0 Å². The van der Waals surface area contributed by atoms with Crippen molar-refractivity contribution in [2.45, 2.75) is 13.5 Å². The van der Waals surface area contributed by atoms with Gasteiger partial charge in [0.05, 0.1) is 0 Å². The van der Waals surface area contributed by atoms with Crippen LogP contribution in [0.5, 0.6) is 0 Å². The number of hydrogen-bond donors (Lipinski definition) is 0. The number of thiazole rings is 1. The van der Waals surface area contributed by atoms with E-state index in [1.807, 2.05) is 6.07 Å². The van der Waals surface area contributed by atoms with E-state index < -0.39 is 0 Å². The predicted molar refractivity (Wildman–Crippen MR) is 171 cm³/mol. The third-order valence-corrected chi connectivity index (χ3v) is 8.71. The van der Waals surface area contributed by atoms with Gasteiger partial charge in [-0.2, -0.15) is 0 Å². The van der Waals surface area contributed by atoms with Crippen molar-refractivity contribution < 1.29 is 0 Å². The summed E-state index contributed by atoms with van der Waals surface area (Å²) in [6.45, 7) is 6.92. The van der Waals surface area contributed by atoms with Gasteiger partial charge in [-0.15, -0.1) is 0 Å². The molecule has 0 radical (unpaired) electrons. The maximum Gasteiger partial charge on any atom is 0.146 e. The number of hydrogen-bond acceptors (Lipinski definition) is 4. The van der Waals surface area contributed by atoms with Crippen molar-refractivity contribution in [3.05, 3.63) is 130 Å². The highest BCUT2D eigenvalue weighted by Gasteiger charge is 2.23. The lowest BCUT2D eigenvalue weighted by molar-refractivity contribution is 0.176. The lowest BCUT2D eigenvalue weighted by atomic mass is 10.1. The van der Waals surface area contributed by atoms with Crippen LogP contribution in [0.25, 0.3) is 21.8 Å². The number of aliphatic imine (C=N–C) groups is 1. The molecule has 2 heterocycles. The highest BCUT2D eigenvalue weighted by Crippen LogP contribution is 2.40. The van der Waals surface area contributed by atoms with Crippen LogP contribution in [-0.2, 0) is 6.54 Å². The first-order chi connectivity index (χ1) is 19.6. The molecule has 0 N–H and O–H groups in total. The van der Waals surface area contributed by atoms with Gasteiger partial charge in [0.2, 0.25) is 0 Å². The number of aryl methyl sites for hydroxylation is 1. The Balaban J connectivity index is 1.37. The Labute approximate surface area is 248 Å². The van der Waals surface area contributed by atoms with E-state index in [0.717, 1.165) is 75.4 Å². The van der Waals surface area contributed by atoms with E-state index >= 15 is 0 Å². The minimum atomic E-state index is 0.923. The van der Waals surface area contributed by atoms with E-state index in [0.29, 0.717) is 0 Å². The Morgan fingerprint density at radius 1 is 0.775 bits per heavy atom. The molecule has 1 saturated heterocycles. The lowest BCUT2D eigenvalue weighted by Gasteiger charge is -2.36. The SMILES string of the molecule is Cc1ccc(-c2nc(-c3ccccc3)sc2N=C(c2ccc(Br)cc2)N2CCN(Cc3ccccc3)CC2)cc1. The molecule has 0 bridgehead atoms. The predicted octanol–water partition coefficient (Wildman–Crippen LogP) is 8.44. The van der Waals surface area contributed by atoms with Crippen LogP contribution >= 0.6 is 27.3 Å². The topological polar surface area (TPSA) is 31.7 Å². The van der Waals surface area contributed by atoms with E-state index in [1.54, 1.807) is 11.3 Å². The Bertz CT molecular complexity index is 1570. The summed E-state index contributed by atoms with van der Waals surface area (Å²) in [6, 6.07) is 38.2. The number of benzene rings is 4. The summed E-state index contributed by atoms with van der Waals surface area (Å²) >= 11 is 5.27. The van der Waals surface area contributed by atoms with Gasteiger partial charge in [-0.3, -0.25) is 4.90 Å². The van der Waals surface area contributed by atoms with E-state index in [9.17, 15) is 0 Å². The Hall–Kier alpha value is -3.58. The second-order valence-electron chi connectivity index (χ2n) is 10.1. The van der Waals surface area contributed by atoms with Crippen molar-refractivity contribution in [1.29, 1.82) is 0 Å². The molecule has 4 aromatic carbocycles. The van der Waals surface area contributed by atoms with Crippen molar-refractivity contribution >= 4 is 38.1 Å². The molecule has 4 nitrogen and oxygen atoms in total. The van der Waals surface area contributed by atoms with Crippen LogP contribution in [0.1, 0.15) is 16.7 Å². The molecule has 0 aliphatic carbocycles. The summed E-state index contributed by atoms with van der Waals surface area (Å²) in [5, 5.41) is 1.92. The number of aromatic nitrogens is 1. The van der Waals surface area contributed by atoms with Crippen LogP contribution in [0.15, 0.2) is 119 Å². The van der Waals surface area contributed by atoms with Gasteiger partial charge in [0.25, 0.3) is 0 Å². The van der Waals surface area contributed by atoms with Crippen molar-refractivity contribution in [3.8, 4) is 21.8 Å². The fraction of sp³-hybridized carbons (Fsp3) is 0.176. The molecular formula is C34H31BrN4S. The molecule has 1 fully saturated rings. The van der Waals surface area contributed by atoms with Gasteiger partial charge in [0.1, 0.15) is 21.5 Å². The van der Waals surface area contributed by atoms with Crippen LogP contribution in [0.3, 0.4) is 0 Å². The third-order valence-electron chi connectivity index (χ3n) is 7.19. The molecule has 0 atom stereocenters. The van der Waals surface area contributed by atoms with Crippen molar-refractivity contribution in [3.63, 3.8) is 0 Å². The van der Waals surface area contributed by atoms with E-state index in [2.05, 4.69) is 136 Å². The van der Waals surface area contributed by atoms with E-state index in [1.165, 1.54) is 11.1 Å². The average Bonchev–Trinajstić information content (AvgIpc) is 3.42. The van der Waals surface area contributed by atoms with Gasteiger partial charge >= 0.3 is 0 Å². The zero-order valence-corrected chi connectivity index (χ0v) is 24.9. The van der Waals surface area contributed by atoms with Crippen LogP contribution < -0.4 is 0 Å². The average molecular weight is 608 g/mol. The fourth-order valence-corrected chi connectivity index (χ4v) is 6.19. The Morgan fingerprint density at radius 3 is 2.10 bits per heavy atom. The van der Waals surface area contributed by atoms with Gasteiger partial charge in [-0.1, -0.05) is 130 Å². The number of halogens is 1. The molecule has 1 aromatic heterocycles. The Morgan fingerprint density at radius 2 is 1.43 bits per heavy atom. The third kappa shape index (κ3) is 6.25. The smallest absolute Gasteiger partial charge is 0.146 e. The van der Waals surface area contributed by atoms with Crippen molar-refractivity contribution in [1.82, 2.24) is 14.8 Å². The summed E-state index contributed by atoms with van der Waals surface area (Å²) in [7, 11) is 0. The molecule has 0 saturated carbocycles. The number of rotatable bonds is 6. The largest absolute Gasteiger partial charge is 0.354 e. The minimum absolute atomic E-state index is 0.923. The normalized spacial score (nSPS) is 14.4. The first-order valence-corrected chi connectivity index (χ1v) is 15.2. The molecule has 1 aliphatic heterocycles. The van der Waals surface area contributed by atoms with Gasteiger partial charge < -0.3 is 4.90 Å². The minimum Gasteiger partial charge on any atom is -0.354 e. The van der Waals surface area contributed by atoms with Crippen LogP contribution in [-0.4, -0.2) is 46.8 Å². The zero-order valence-electron chi connectivity index (χ0n) is 22.5. The Kier molecular flexibility index (Phi) is 8.19. The molecule has 40 heavy (non-hydrogen) atoms. The molecular weight excluding hydrogens is 576 g/mol. The van der Waals surface area contributed by atoms with Gasteiger partial charge in [-0.25, -0.2) is 9.98 Å². The monoisotopic (exact) mass is 606 g/mol. The van der Waals surface area contributed by atoms with E-state index in [4.69, 9.17) is 9.98 Å². The highest BCUT2D eigenvalue weighted by atomic mass is 79.9. The van der Waals surface area contributed by atoms with Gasteiger partial charge in [-0.05, 0) is 24.6 Å². The number of amidine groups is 1. The molecule has 5 aromatic rings. The van der Waals surface area contributed by atoms with Crippen LogP contribution in [0, 0.1) is 6.92 Å². The molecule has 1 aliphatic rings. The first kappa shape index (κ1) is 26.6. The molecule has 0 spiro atoms. The standard InChI is InChI=1S/C34H31BrN4S/c1-25-12-14-27(15-13-25)31-34(40-33(36-31)29-10-6-3-7-11-29)37-32(28-16-18-30(35)19-17-28)39-22-20-38(21-23-39)24-26-8-4-2-5-9-26/h2-19H,20-24H2,1H3. The first-order valence-electron chi connectivity index (χ1n) is 13.6. The van der Waals surface area contributed by atoms with E-state index in [-0.39, 0.29) is 0 Å². The molecule has 0 amide bonds. The summed E-state index contributed by atoms with van der Waals surface area (Å²) < 4.78 is 1.06. The number of piperazine rings is 1.